The first-order valence-corrected chi connectivity index (χ1v) is 8.60. The number of likely N-dealkylation sites (tertiary alicyclic amines) is 1. The van der Waals surface area contributed by atoms with E-state index in [1.165, 1.54) is 0 Å². The molecule has 2 atom stereocenters. The molecule has 152 valence electrons. The van der Waals surface area contributed by atoms with Gasteiger partial charge >= 0.3 is 6.18 Å². The summed E-state index contributed by atoms with van der Waals surface area (Å²) in [5, 5.41) is 4.81. The summed E-state index contributed by atoms with van der Waals surface area (Å²) in [5.41, 5.74) is 6.60. The molecular weight excluding hydrogens is 395 g/mol. The SMILES string of the molecule is Cl.NCC(NC(=O)C1CC(=O)N(CC(F)(F)F)C1)c1ccc2ccccc2c1. The standard InChI is InChI=1S/C19H20F3N3O2.ClH/c20-19(21,22)11-25-10-15(8-17(25)26)18(27)24-16(9-23)14-6-5-12-3-1-2-4-13(12)7-14;/h1-7,15-16H,8-11,23H2,(H,24,27);1H. The number of halogens is 4. The second-order valence-electron chi connectivity index (χ2n) is 6.69. The lowest BCUT2D eigenvalue weighted by atomic mass is 10.0. The first-order chi connectivity index (χ1) is 12.8. The van der Waals surface area contributed by atoms with Crippen LogP contribution < -0.4 is 11.1 Å². The van der Waals surface area contributed by atoms with E-state index in [1.807, 2.05) is 42.5 Å². The number of nitrogens with two attached hydrogens (primary N) is 1. The zero-order chi connectivity index (χ0) is 19.6. The quantitative estimate of drug-likeness (QED) is 0.788. The van der Waals surface area contributed by atoms with Gasteiger partial charge in [-0.3, -0.25) is 9.59 Å². The van der Waals surface area contributed by atoms with Crippen LogP contribution in [0.1, 0.15) is 18.0 Å². The van der Waals surface area contributed by atoms with Gasteiger partial charge in [-0.05, 0) is 22.4 Å². The molecule has 2 amide bonds. The molecule has 1 fully saturated rings. The van der Waals surface area contributed by atoms with Crippen LogP contribution in [0.25, 0.3) is 10.8 Å². The Morgan fingerprint density at radius 1 is 1.21 bits per heavy atom. The molecule has 2 aromatic rings. The summed E-state index contributed by atoms with van der Waals surface area (Å²) >= 11 is 0. The van der Waals surface area contributed by atoms with Crippen LogP contribution >= 0.6 is 12.4 Å². The van der Waals surface area contributed by atoms with Gasteiger partial charge in [-0.15, -0.1) is 12.4 Å². The first kappa shape index (κ1) is 22.0. The van der Waals surface area contributed by atoms with Gasteiger partial charge in [-0.2, -0.15) is 13.2 Å². The van der Waals surface area contributed by atoms with E-state index in [9.17, 15) is 22.8 Å². The van der Waals surface area contributed by atoms with Crippen molar-refractivity contribution in [1.29, 1.82) is 0 Å². The summed E-state index contributed by atoms with van der Waals surface area (Å²) in [6, 6.07) is 13.0. The lowest BCUT2D eigenvalue weighted by Crippen LogP contribution is -2.39. The van der Waals surface area contributed by atoms with E-state index in [0.717, 1.165) is 16.3 Å². The summed E-state index contributed by atoms with van der Waals surface area (Å²) in [7, 11) is 0. The van der Waals surface area contributed by atoms with Crippen molar-refractivity contribution in [2.24, 2.45) is 11.7 Å². The summed E-state index contributed by atoms with van der Waals surface area (Å²) in [6.07, 6.45) is -4.71. The van der Waals surface area contributed by atoms with Crippen molar-refractivity contribution in [3.63, 3.8) is 0 Å². The lowest BCUT2D eigenvalue weighted by Gasteiger charge is -2.21. The van der Waals surface area contributed by atoms with E-state index in [0.29, 0.717) is 4.90 Å². The van der Waals surface area contributed by atoms with Gasteiger partial charge in [0, 0.05) is 19.5 Å². The highest BCUT2D eigenvalue weighted by Crippen LogP contribution is 2.25. The molecule has 28 heavy (non-hydrogen) atoms. The van der Waals surface area contributed by atoms with Crippen LogP contribution in [0.15, 0.2) is 42.5 Å². The number of amides is 2. The van der Waals surface area contributed by atoms with Crippen LogP contribution in [0.5, 0.6) is 0 Å². The fourth-order valence-electron chi connectivity index (χ4n) is 3.31. The number of carbonyl (C=O) groups excluding carboxylic acids is 2. The molecule has 0 saturated carbocycles. The Morgan fingerprint density at radius 2 is 1.89 bits per heavy atom. The number of carbonyl (C=O) groups is 2. The van der Waals surface area contributed by atoms with Gasteiger partial charge in [-0.25, -0.2) is 0 Å². The number of benzene rings is 2. The largest absolute Gasteiger partial charge is 0.406 e. The molecule has 1 heterocycles. The van der Waals surface area contributed by atoms with Crippen LogP contribution in [0.4, 0.5) is 13.2 Å². The van der Waals surface area contributed by atoms with Gasteiger partial charge in [0.25, 0.3) is 0 Å². The predicted octanol–water partition coefficient (Wildman–Crippen LogP) is 2.79. The summed E-state index contributed by atoms with van der Waals surface area (Å²) in [6.45, 7) is -1.43. The van der Waals surface area contributed by atoms with Crippen molar-refractivity contribution < 1.29 is 22.8 Å². The highest BCUT2D eigenvalue weighted by Gasteiger charge is 2.40. The van der Waals surface area contributed by atoms with E-state index in [-0.39, 0.29) is 31.9 Å². The Morgan fingerprint density at radius 3 is 2.54 bits per heavy atom. The number of nitrogens with zero attached hydrogens (tertiary/aromatic N) is 1. The van der Waals surface area contributed by atoms with Crippen molar-refractivity contribution in [3.8, 4) is 0 Å². The molecule has 0 spiro atoms. The van der Waals surface area contributed by atoms with E-state index in [1.54, 1.807) is 0 Å². The van der Waals surface area contributed by atoms with Crippen LogP contribution in [0, 0.1) is 5.92 Å². The average Bonchev–Trinajstić information content (AvgIpc) is 2.98. The fraction of sp³-hybridized carbons (Fsp3) is 0.368. The predicted molar refractivity (Wildman–Crippen MR) is 102 cm³/mol. The minimum atomic E-state index is -4.48. The maximum atomic E-state index is 12.5. The second-order valence-corrected chi connectivity index (χ2v) is 6.69. The minimum absolute atomic E-state index is 0. The molecule has 2 aromatic carbocycles. The highest BCUT2D eigenvalue weighted by molar-refractivity contribution is 5.89. The molecule has 0 bridgehead atoms. The summed E-state index contributed by atoms with van der Waals surface area (Å²) in [4.78, 5) is 24.9. The first-order valence-electron chi connectivity index (χ1n) is 8.60. The Hall–Kier alpha value is -2.32. The van der Waals surface area contributed by atoms with Crippen molar-refractivity contribution in [2.45, 2.75) is 18.6 Å². The molecule has 0 aliphatic carbocycles. The van der Waals surface area contributed by atoms with Crippen molar-refractivity contribution in [2.75, 3.05) is 19.6 Å². The highest BCUT2D eigenvalue weighted by atomic mass is 35.5. The molecule has 1 aliphatic heterocycles. The second kappa shape index (κ2) is 8.79. The Bertz CT molecular complexity index is 860. The number of hydrogen-bond acceptors (Lipinski definition) is 3. The van der Waals surface area contributed by atoms with Crippen LogP contribution in [-0.4, -0.2) is 42.5 Å². The van der Waals surface area contributed by atoms with E-state index in [2.05, 4.69) is 5.32 Å². The van der Waals surface area contributed by atoms with Crippen LogP contribution in [0.2, 0.25) is 0 Å². The third-order valence-electron chi connectivity index (χ3n) is 4.68. The Kier molecular flexibility index (Phi) is 6.90. The van der Waals surface area contributed by atoms with Crippen molar-refractivity contribution >= 4 is 35.0 Å². The molecule has 1 saturated heterocycles. The van der Waals surface area contributed by atoms with Crippen molar-refractivity contribution in [1.82, 2.24) is 10.2 Å². The molecule has 3 N–H and O–H groups in total. The summed E-state index contributed by atoms with van der Waals surface area (Å²) in [5.74, 6) is -1.94. The van der Waals surface area contributed by atoms with Gasteiger partial charge < -0.3 is 16.0 Å². The smallest absolute Gasteiger partial charge is 0.348 e. The molecular formula is C19H21ClF3N3O2. The third-order valence-corrected chi connectivity index (χ3v) is 4.68. The van der Waals surface area contributed by atoms with Gasteiger partial charge in [0.05, 0.1) is 12.0 Å². The summed E-state index contributed by atoms with van der Waals surface area (Å²) < 4.78 is 37.5. The molecule has 0 radical (unpaired) electrons. The number of hydrogen-bond donors (Lipinski definition) is 2. The van der Waals surface area contributed by atoms with Gasteiger partial charge in [0.1, 0.15) is 6.54 Å². The van der Waals surface area contributed by atoms with Gasteiger partial charge in [-0.1, -0.05) is 36.4 Å². The van der Waals surface area contributed by atoms with Crippen LogP contribution in [-0.2, 0) is 9.59 Å². The van der Waals surface area contributed by atoms with Crippen LogP contribution in [0.3, 0.4) is 0 Å². The Labute approximate surface area is 166 Å². The number of fused-ring (bicyclic) bond motifs is 1. The molecule has 0 aromatic heterocycles. The molecule has 9 heteroatoms. The average molecular weight is 416 g/mol. The maximum Gasteiger partial charge on any atom is 0.406 e. The maximum absolute atomic E-state index is 12.5. The molecule has 1 aliphatic rings. The Balaban J connectivity index is 0.00000280. The lowest BCUT2D eigenvalue weighted by molar-refractivity contribution is -0.157. The van der Waals surface area contributed by atoms with Crippen molar-refractivity contribution in [3.05, 3.63) is 48.0 Å². The number of rotatable bonds is 5. The van der Waals surface area contributed by atoms with Gasteiger partial charge in [0.2, 0.25) is 11.8 Å². The fourth-order valence-corrected chi connectivity index (χ4v) is 3.31. The molecule has 2 unspecified atom stereocenters. The molecule has 3 rings (SSSR count). The monoisotopic (exact) mass is 415 g/mol. The zero-order valence-electron chi connectivity index (χ0n) is 14.9. The molecule has 5 nitrogen and oxygen atoms in total. The normalized spacial score (nSPS) is 18.1. The van der Waals surface area contributed by atoms with E-state index >= 15 is 0 Å². The minimum Gasteiger partial charge on any atom is -0.348 e. The van der Waals surface area contributed by atoms with E-state index < -0.39 is 36.5 Å². The third kappa shape index (κ3) is 5.14. The van der Waals surface area contributed by atoms with Gasteiger partial charge in [0.15, 0.2) is 0 Å². The van der Waals surface area contributed by atoms with E-state index in [4.69, 9.17) is 5.73 Å². The number of alkyl halides is 3. The topological polar surface area (TPSA) is 75.4 Å². The zero-order valence-corrected chi connectivity index (χ0v) is 15.7. The number of nitrogens with one attached hydrogen (secondary N) is 1.